The van der Waals surface area contributed by atoms with E-state index >= 15 is 0 Å². The predicted octanol–water partition coefficient (Wildman–Crippen LogP) is 2.23. The lowest BCUT2D eigenvalue weighted by Gasteiger charge is -2.05. The van der Waals surface area contributed by atoms with Crippen LogP contribution in [-0.4, -0.2) is 13.1 Å². The first kappa shape index (κ1) is 9.19. The normalized spacial score (nSPS) is 8.92. The van der Waals surface area contributed by atoms with Gasteiger partial charge in [0.1, 0.15) is 0 Å². The molecule has 0 radical (unpaired) electrons. The van der Waals surface area contributed by atoms with Gasteiger partial charge in [-0.2, -0.15) is 0 Å². The van der Waals surface area contributed by atoms with Crippen LogP contribution in [0.4, 0.5) is 11.4 Å². The van der Waals surface area contributed by atoms with Crippen LogP contribution in [-0.2, 0) is 4.79 Å². The van der Waals surface area contributed by atoms with Crippen molar-refractivity contribution in [3.05, 3.63) is 30.3 Å². The molecule has 1 aromatic carbocycles. The molecule has 1 amide bonds. The van der Waals surface area contributed by atoms with Crippen molar-refractivity contribution in [2.24, 2.45) is 4.99 Å². The molecule has 0 aliphatic rings. The van der Waals surface area contributed by atoms with E-state index in [-0.39, 0.29) is 0 Å². The van der Waals surface area contributed by atoms with Crippen LogP contribution in [0.15, 0.2) is 29.8 Å². The minimum atomic E-state index is 0.608. The predicted molar refractivity (Wildman–Crippen MR) is 55.4 cm³/mol. The molecule has 0 heterocycles. The average Bonchev–Trinajstić information content (AvgIpc) is 2.18. The third kappa shape index (κ3) is 1.82. The Bertz CT molecular complexity index is 345. The molecule has 0 bridgehead atoms. The van der Waals surface area contributed by atoms with Crippen molar-refractivity contribution in [1.82, 2.24) is 0 Å². The largest absolute Gasteiger partial charge is 0.327 e. The van der Waals surface area contributed by atoms with Crippen LogP contribution in [0, 0.1) is 0 Å². The summed E-state index contributed by atoms with van der Waals surface area (Å²) in [5.74, 6) is 0. The molecule has 0 aliphatic heterocycles. The number of anilines is 1. The van der Waals surface area contributed by atoms with Crippen LogP contribution in [0.5, 0.6) is 0 Å². The van der Waals surface area contributed by atoms with Crippen LogP contribution in [0.1, 0.15) is 5.56 Å². The highest BCUT2D eigenvalue weighted by Crippen LogP contribution is 2.28. The van der Waals surface area contributed by atoms with Crippen LogP contribution in [0.3, 0.4) is 0 Å². The zero-order valence-corrected chi connectivity index (χ0v) is 7.16. The Morgan fingerprint density at radius 2 is 2.23 bits per heavy atom. The van der Waals surface area contributed by atoms with Crippen LogP contribution < -0.4 is 5.32 Å². The van der Waals surface area contributed by atoms with Crippen molar-refractivity contribution < 1.29 is 4.79 Å². The van der Waals surface area contributed by atoms with Crippen molar-refractivity contribution in [3.8, 4) is 0 Å². The first-order valence-electron chi connectivity index (χ1n) is 3.76. The van der Waals surface area contributed by atoms with Crippen LogP contribution >= 0.6 is 0 Å². The van der Waals surface area contributed by atoms with Crippen molar-refractivity contribution in [3.63, 3.8) is 0 Å². The summed E-state index contributed by atoms with van der Waals surface area (Å²) in [6.45, 7) is 7.07. The van der Waals surface area contributed by atoms with Crippen molar-refractivity contribution in [2.45, 2.75) is 0 Å². The van der Waals surface area contributed by atoms with Crippen molar-refractivity contribution >= 4 is 30.6 Å². The molecule has 0 spiro atoms. The average molecular weight is 174 g/mol. The molecule has 66 valence electrons. The SMILES string of the molecule is C=Cc1cccc(NC=O)c1N=C. The minimum Gasteiger partial charge on any atom is -0.327 e. The quantitative estimate of drug-likeness (QED) is 0.552. The zero-order chi connectivity index (χ0) is 9.68. The summed E-state index contributed by atoms with van der Waals surface area (Å²) < 4.78 is 0. The van der Waals surface area contributed by atoms with Gasteiger partial charge in [0.25, 0.3) is 0 Å². The lowest BCUT2D eigenvalue weighted by atomic mass is 10.1. The highest BCUT2D eigenvalue weighted by atomic mass is 16.1. The second kappa shape index (κ2) is 4.21. The standard InChI is InChI=1S/C10H10N2O/c1-3-8-5-4-6-9(12-7-13)10(8)11-2/h3-7H,1-2H2,(H,12,13). The van der Waals surface area contributed by atoms with E-state index in [0.717, 1.165) is 5.56 Å². The topological polar surface area (TPSA) is 41.5 Å². The maximum absolute atomic E-state index is 10.2. The number of carbonyl (C=O) groups excluding carboxylic acids is 1. The number of carbonyl (C=O) groups is 1. The lowest BCUT2D eigenvalue weighted by molar-refractivity contribution is -0.105. The van der Waals surface area contributed by atoms with E-state index in [2.05, 4.69) is 23.6 Å². The fraction of sp³-hybridized carbons (Fsp3) is 0. The van der Waals surface area contributed by atoms with Gasteiger partial charge >= 0.3 is 0 Å². The number of rotatable bonds is 4. The third-order valence-electron chi connectivity index (χ3n) is 1.66. The first-order valence-corrected chi connectivity index (χ1v) is 3.76. The molecule has 0 unspecified atom stereocenters. The number of nitrogens with one attached hydrogen (secondary N) is 1. The summed E-state index contributed by atoms with van der Waals surface area (Å²) >= 11 is 0. The Morgan fingerprint density at radius 3 is 2.77 bits per heavy atom. The van der Waals surface area contributed by atoms with Gasteiger partial charge in [-0.1, -0.05) is 24.8 Å². The molecule has 0 aliphatic carbocycles. The summed E-state index contributed by atoms with van der Waals surface area (Å²) in [4.78, 5) is 14.1. The van der Waals surface area contributed by atoms with Crippen molar-refractivity contribution in [1.29, 1.82) is 0 Å². The molecule has 0 aromatic heterocycles. The number of nitrogens with zero attached hydrogens (tertiary/aromatic N) is 1. The van der Waals surface area contributed by atoms with E-state index in [0.29, 0.717) is 17.8 Å². The van der Waals surface area contributed by atoms with E-state index in [9.17, 15) is 4.79 Å². The summed E-state index contributed by atoms with van der Waals surface area (Å²) in [6.07, 6.45) is 2.27. The Balaban J connectivity index is 3.25. The van der Waals surface area contributed by atoms with Crippen LogP contribution in [0.25, 0.3) is 6.08 Å². The van der Waals surface area contributed by atoms with Gasteiger partial charge in [-0.05, 0) is 12.8 Å². The maximum Gasteiger partial charge on any atom is 0.211 e. The van der Waals surface area contributed by atoms with Gasteiger partial charge in [-0.25, -0.2) is 0 Å². The molecule has 1 N–H and O–H groups in total. The molecule has 3 heteroatoms. The summed E-state index contributed by atoms with van der Waals surface area (Å²) in [7, 11) is 0. The fourth-order valence-electron chi connectivity index (χ4n) is 1.08. The summed E-state index contributed by atoms with van der Waals surface area (Å²) in [5, 5.41) is 2.54. The molecular weight excluding hydrogens is 164 g/mol. The fourth-order valence-corrected chi connectivity index (χ4v) is 1.08. The van der Waals surface area contributed by atoms with Gasteiger partial charge in [-0.15, -0.1) is 0 Å². The molecule has 0 saturated heterocycles. The molecular formula is C10H10N2O. The van der Waals surface area contributed by atoms with E-state index in [1.165, 1.54) is 0 Å². The Hall–Kier alpha value is -1.90. The zero-order valence-electron chi connectivity index (χ0n) is 7.16. The van der Waals surface area contributed by atoms with Gasteiger partial charge < -0.3 is 5.32 Å². The monoisotopic (exact) mass is 174 g/mol. The molecule has 0 fully saturated rings. The van der Waals surface area contributed by atoms with E-state index in [4.69, 9.17) is 0 Å². The number of para-hydroxylation sites is 1. The van der Waals surface area contributed by atoms with Gasteiger partial charge in [0.05, 0.1) is 11.4 Å². The smallest absolute Gasteiger partial charge is 0.211 e. The molecule has 0 saturated carbocycles. The summed E-state index contributed by atoms with van der Waals surface area (Å²) in [6, 6.07) is 5.43. The Labute approximate surface area is 76.8 Å². The van der Waals surface area contributed by atoms with Gasteiger partial charge in [0.15, 0.2) is 0 Å². The Kier molecular flexibility index (Phi) is 2.97. The van der Waals surface area contributed by atoms with E-state index < -0.39 is 0 Å². The second-order valence-electron chi connectivity index (χ2n) is 2.37. The second-order valence-corrected chi connectivity index (χ2v) is 2.37. The number of benzene rings is 1. The number of hydrogen-bond donors (Lipinski definition) is 1. The highest BCUT2D eigenvalue weighted by molar-refractivity contribution is 5.84. The van der Waals surface area contributed by atoms with Gasteiger partial charge in [0.2, 0.25) is 6.41 Å². The number of amides is 1. The van der Waals surface area contributed by atoms with Crippen LogP contribution in [0.2, 0.25) is 0 Å². The molecule has 1 rings (SSSR count). The Morgan fingerprint density at radius 1 is 1.46 bits per heavy atom. The first-order chi connectivity index (χ1) is 6.33. The van der Waals surface area contributed by atoms with E-state index in [1.807, 2.05) is 12.1 Å². The van der Waals surface area contributed by atoms with Crippen molar-refractivity contribution in [2.75, 3.05) is 5.32 Å². The molecule has 0 atom stereocenters. The van der Waals surface area contributed by atoms with Gasteiger partial charge in [0, 0.05) is 5.56 Å². The number of hydrogen-bond acceptors (Lipinski definition) is 2. The molecule has 13 heavy (non-hydrogen) atoms. The minimum absolute atomic E-state index is 0.608. The maximum atomic E-state index is 10.2. The highest BCUT2D eigenvalue weighted by Gasteiger charge is 2.02. The molecule has 1 aromatic rings. The van der Waals surface area contributed by atoms with E-state index in [1.54, 1.807) is 12.1 Å². The molecule has 3 nitrogen and oxygen atoms in total. The van der Waals surface area contributed by atoms with Gasteiger partial charge in [-0.3, -0.25) is 9.79 Å². The lowest BCUT2D eigenvalue weighted by Crippen LogP contribution is -1.94. The summed E-state index contributed by atoms with van der Waals surface area (Å²) in [5.41, 5.74) is 2.13. The number of aliphatic imine (C=N–C) groups is 1. The third-order valence-corrected chi connectivity index (χ3v) is 1.66.